The van der Waals surface area contributed by atoms with Crippen LogP contribution in [0.25, 0.3) is 0 Å². The van der Waals surface area contributed by atoms with Gasteiger partial charge in [-0.3, -0.25) is 4.68 Å². The van der Waals surface area contributed by atoms with Crippen molar-refractivity contribution in [2.24, 2.45) is 7.05 Å². The van der Waals surface area contributed by atoms with Gasteiger partial charge in [0, 0.05) is 12.6 Å². The summed E-state index contributed by atoms with van der Waals surface area (Å²) >= 11 is 6.10. The van der Waals surface area contributed by atoms with Crippen LogP contribution in [0.5, 0.6) is 5.75 Å². The number of halogens is 1. The van der Waals surface area contributed by atoms with Gasteiger partial charge < -0.3 is 15.6 Å². The third-order valence-electron chi connectivity index (χ3n) is 2.90. The van der Waals surface area contributed by atoms with Gasteiger partial charge in [-0.1, -0.05) is 11.6 Å². The molecule has 0 bridgehead atoms. The van der Waals surface area contributed by atoms with Crippen molar-refractivity contribution in [3.8, 4) is 5.75 Å². The molecule has 0 atom stereocenters. The Morgan fingerprint density at radius 1 is 1.55 bits per heavy atom. The van der Waals surface area contributed by atoms with Crippen molar-refractivity contribution in [2.75, 3.05) is 5.73 Å². The van der Waals surface area contributed by atoms with Gasteiger partial charge in [-0.2, -0.15) is 5.10 Å². The van der Waals surface area contributed by atoms with Gasteiger partial charge in [0.05, 0.1) is 16.9 Å². The molecular formula is C13H14ClN3O3. The fourth-order valence-electron chi connectivity index (χ4n) is 1.78. The molecule has 20 heavy (non-hydrogen) atoms. The molecule has 0 aliphatic rings. The molecule has 0 aliphatic heterocycles. The monoisotopic (exact) mass is 295 g/mol. The molecule has 0 aliphatic carbocycles. The summed E-state index contributed by atoms with van der Waals surface area (Å²) < 4.78 is 7.11. The van der Waals surface area contributed by atoms with Gasteiger partial charge in [0.1, 0.15) is 17.5 Å². The van der Waals surface area contributed by atoms with Crippen LogP contribution in [0.1, 0.15) is 21.6 Å². The van der Waals surface area contributed by atoms with E-state index in [1.165, 1.54) is 18.2 Å². The molecule has 1 aromatic heterocycles. The van der Waals surface area contributed by atoms with Crippen molar-refractivity contribution in [3.63, 3.8) is 0 Å². The van der Waals surface area contributed by atoms with Crippen molar-refractivity contribution in [3.05, 3.63) is 40.2 Å². The number of carboxylic acids is 1. The van der Waals surface area contributed by atoms with Crippen LogP contribution in [0.2, 0.25) is 5.15 Å². The highest BCUT2D eigenvalue weighted by Gasteiger charge is 2.13. The van der Waals surface area contributed by atoms with Crippen LogP contribution in [0.15, 0.2) is 18.2 Å². The lowest BCUT2D eigenvalue weighted by molar-refractivity contribution is 0.0696. The summed E-state index contributed by atoms with van der Waals surface area (Å²) in [6, 6.07) is 4.31. The van der Waals surface area contributed by atoms with Gasteiger partial charge in [-0.15, -0.1) is 0 Å². The molecule has 0 saturated heterocycles. The quantitative estimate of drug-likeness (QED) is 0.844. The lowest BCUT2D eigenvalue weighted by Crippen LogP contribution is -2.03. The summed E-state index contributed by atoms with van der Waals surface area (Å²) in [5.41, 5.74) is 7.75. The van der Waals surface area contributed by atoms with Crippen molar-refractivity contribution in [1.29, 1.82) is 0 Å². The third kappa shape index (κ3) is 2.70. The number of aryl methyl sites for hydroxylation is 2. The number of rotatable bonds is 4. The fourth-order valence-corrected chi connectivity index (χ4v) is 2.01. The van der Waals surface area contributed by atoms with Crippen LogP contribution in [-0.4, -0.2) is 20.9 Å². The third-order valence-corrected chi connectivity index (χ3v) is 3.38. The van der Waals surface area contributed by atoms with E-state index in [2.05, 4.69) is 5.10 Å². The highest BCUT2D eigenvalue weighted by atomic mass is 35.5. The van der Waals surface area contributed by atoms with Gasteiger partial charge in [0.25, 0.3) is 0 Å². The number of benzene rings is 1. The minimum Gasteiger partial charge on any atom is -0.487 e. The first-order valence-corrected chi connectivity index (χ1v) is 6.21. The number of nitrogen functional groups attached to an aromatic ring is 1. The van der Waals surface area contributed by atoms with E-state index in [4.69, 9.17) is 27.2 Å². The van der Waals surface area contributed by atoms with E-state index in [0.29, 0.717) is 16.6 Å². The Kier molecular flexibility index (Phi) is 3.85. The molecule has 0 amide bonds. The first-order valence-electron chi connectivity index (χ1n) is 5.83. The van der Waals surface area contributed by atoms with Gasteiger partial charge in [-0.25, -0.2) is 4.79 Å². The molecule has 3 N–H and O–H groups in total. The number of hydrogen-bond acceptors (Lipinski definition) is 4. The molecule has 0 spiro atoms. The average Bonchev–Trinajstić information content (AvgIpc) is 2.63. The topological polar surface area (TPSA) is 90.4 Å². The minimum atomic E-state index is -1.04. The summed E-state index contributed by atoms with van der Waals surface area (Å²) in [6.07, 6.45) is 0. The lowest BCUT2D eigenvalue weighted by Gasteiger charge is -2.09. The maximum Gasteiger partial charge on any atom is 0.335 e. The van der Waals surface area contributed by atoms with E-state index in [-0.39, 0.29) is 12.2 Å². The Labute approximate surface area is 120 Å². The second kappa shape index (κ2) is 5.42. The molecule has 6 nitrogen and oxygen atoms in total. The van der Waals surface area contributed by atoms with Crippen molar-refractivity contribution < 1.29 is 14.6 Å². The number of carboxylic acid groups (broad SMARTS) is 1. The van der Waals surface area contributed by atoms with Gasteiger partial charge in [0.2, 0.25) is 0 Å². The molecule has 0 fully saturated rings. The highest BCUT2D eigenvalue weighted by molar-refractivity contribution is 6.30. The number of aromatic nitrogens is 2. The molecule has 2 aromatic rings. The molecule has 2 rings (SSSR count). The number of carbonyl (C=O) groups is 1. The highest BCUT2D eigenvalue weighted by Crippen LogP contribution is 2.26. The van der Waals surface area contributed by atoms with Crippen molar-refractivity contribution in [2.45, 2.75) is 13.5 Å². The molecule has 0 radical (unpaired) electrons. The Hall–Kier alpha value is -2.21. The molecule has 0 unspecified atom stereocenters. The maximum atomic E-state index is 10.9. The van der Waals surface area contributed by atoms with Crippen molar-refractivity contribution >= 4 is 23.3 Å². The molecule has 1 heterocycles. The molecule has 7 heteroatoms. The predicted molar refractivity (Wildman–Crippen MR) is 75.1 cm³/mol. The SMILES string of the molecule is Cc1nn(C)c(Cl)c1COc1cc(C(=O)O)ccc1N. The van der Waals surface area contributed by atoms with E-state index in [1.807, 2.05) is 6.92 Å². The zero-order chi connectivity index (χ0) is 14.9. The van der Waals surface area contributed by atoms with E-state index in [0.717, 1.165) is 11.3 Å². The van der Waals surface area contributed by atoms with Crippen molar-refractivity contribution in [1.82, 2.24) is 9.78 Å². The van der Waals surface area contributed by atoms with Gasteiger partial charge in [-0.05, 0) is 25.1 Å². The number of nitrogens with zero attached hydrogens (tertiary/aromatic N) is 2. The second-order valence-corrected chi connectivity index (χ2v) is 4.68. The number of hydrogen-bond donors (Lipinski definition) is 2. The van der Waals surface area contributed by atoms with Gasteiger partial charge >= 0.3 is 5.97 Å². The van der Waals surface area contributed by atoms with Gasteiger partial charge in [0.15, 0.2) is 0 Å². The number of anilines is 1. The van der Waals surface area contributed by atoms with Crippen LogP contribution < -0.4 is 10.5 Å². The number of ether oxygens (including phenoxy) is 1. The summed E-state index contributed by atoms with van der Waals surface area (Å²) in [7, 11) is 1.73. The first-order chi connectivity index (χ1) is 9.40. The smallest absolute Gasteiger partial charge is 0.335 e. The van der Waals surface area contributed by atoms with E-state index >= 15 is 0 Å². The Balaban J connectivity index is 2.22. The first kappa shape index (κ1) is 14.2. The van der Waals surface area contributed by atoms with Crippen LogP contribution in [0.4, 0.5) is 5.69 Å². The average molecular weight is 296 g/mol. The second-order valence-electron chi connectivity index (χ2n) is 4.32. The Morgan fingerprint density at radius 2 is 2.25 bits per heavy atom. The predicted octanol–water partition coefficient (Wildman–Crippen LogP) is 2.24. The maximum absolute atomic E-state index is 10.9. The summed E-state index contributed by atoms with van der Waals surface area (Å²) in [4.78, 5) is 10.9. The number of nitrogens with two attached hydrogens (primary N) is 1. The van der Waals surface area contributed by atoms with Crippen LogP contribution in [-0.2, 0) is 13.7 Å². The standard InChI is InChI=1S/C13H14ClN3O3/c1-7-9(12(14)17(2)16-7)6-20-11-5-8(13(18)19)3-4-10(11)15/h3-5H,6,15H2,1-2H3,(H,18,19). The Bertz CT molecular complexity index is 667. The molecular weight excluding hydrogens is 282 g/mol. The number of aromatic carboxylic acids is 1. The van der Waals surface area contributed by atoms with Crippen LogP contribution in [0.3, 0.4) is 0 Å². The van der Waals surface area contributed by atoms with E-state index in [1.54, 1.807) is 11.7 Å². The summed E-state index contributed by atoms with van der Waals surface area (Å²) in [6.45, 7) is 1.99. The van der Waals surface area contributed by atoms with E-state index < -0.39 is 5.97 Å². The largest absolute Gasteiger partial charge is 0.487 e. The lowest BCUT2D eigenvalue weighted by atomic mass is 10.2. The summed E-state index contributed by atoms with van der Waals surface area (Å²) in [5, 5.41) is 13.6. The normalized spacial score (nSPS) is 10.6. The Morgan fingerprint density at radius 3 is 2.80 bits per heavy atom. The molecule has 1 aromatic carbocycles. The van der Waals surface area contributed by atoms with E-state index in [9.17, 15) is 4.79 Å². The zero-order valence-electron chi connectivity index (χ0n) is 11.1. The fraction of sp³-hybridized carbons (Fsp3) is 0.231. The zero-order valence-corrected chi connectivity index (χ0v) is 11.8. The summed E-state index contributed by atoms with van der Waals surface area (Å²) in [5.74, 6) is -0.727. The van der Waals surface area contributed by atoms with Crippen LogP contribution in [0, 0.1) is 6.92 Å². The molecule has 106 valence electrons. The van der Waals surface area contributed by atoms with Crippen LogP contribution >= 0.6 is 11.6 Å². The minimum absolute atomic E-state index is 0.114. The molecule has 0 saturated carbocycles.